The van der Waals surface area contributed by atoms with Crippen molar-refractivity contribution in [2.75, 3.05) is 12.1 Å². The van der Waals surface area contributed by atoms with Crippen LogP contribution in [0, 0.1) is 0 Å². The Labute approximate surface area is 136 Å². The minimum absolute atomic E-state index is 0.340. The Hall–Kier alpha value is -2.45. The summed E-state index contributed by atoms with van der Waals surface area (Å²) in [4.78, 5) is 8.03. The number of hydrogen-bond acceptors (Lipinski definition) is 6. The number of hydrogen-bond donors (Lipinski definition) is 2. The number of rotatable bonds is 5. The van der Waals surface area contributed by atoms with Crippen LogP contribution in [0.5, 0.6) is 5.88 Å². The molecule has 0 radical (unpaired) electrons. The lowest BCUT2D eigenvalue weighted by atomic mass is 10.1. The highest BCUT2D eigenvalue weighted by atomic mass is 35.5. The van der Waals surface area contributed by atoms with Crippen LogP contribution >= 0.6 is 11.6 Å². The van der Waals surface area contributed by atoms with Crippen molar-refractivity contribution in [2.24, 2.45) is 11.6 Å². The maximum Gasteiger partial charge on any atom is 0.279 e. The molecule has 0 aliphatic heterocycles. The number of alkyl halides is 2. The summed E-state index contributed by atoms with van der Waals surface area (Å²) in [5.74, 6) is 6.16. The molecule has 0 bridgehead atoms. The molecule has 0 spiro atoms. The fraction of sp³-hybridized carbons (Fsp3) is 0.143. The van der Waals surface area contributed by atoms with Gasteiger partial charge in [-0.3, -0.25) is 5.01 Å². The van der Waals surface area contributed by atoms with Gasteiger partial charge in [-0.1, -0.05) is 11.6 Å². The minimum atomic E-state index is -2.81. The fourth-order valence-electron chi connectivity index (χ4n) is 1.82. The molecule has 9 heteroatoms. The van der Waals surface area contributed by atoms with Crippen LogP contribution in [-0.2, 0) is 0 Å². The second kappa shape index (κ2) is 7.21. The van der Waals surface area contributed by atoms with Gasteiger partial charge in [0.05, 0.1) is 24.2 Å². The molecule has 0 aliphatic rings. The molecule has 23 heavy (non-hydrogen) atoms. The van der Waals surface area contributed by atoms with Gasteiger partial charge in [-0.25, -0.2) is 24.6 Å². The second-order valence-electron chi connectivity index (χ2n) is 4.44. The normalized spacial score (nSPS) is 11.7. The molecule has 0 unspecified atom stereocenters. The highest BCUT2D eigenvalue weighted by molar-refractivity contribution is 6.31. The Kier molecular flexibility index (Phi) is 5.30. The molecule has 4 N–H and O–H groups in total. The van der Waals surface area contributed by atoms with E-state index in [1.54, 1.807) is 24.3 Å². The molecule has 0 saturated heterocycles. The highest BCUT2D eigenvalue weighted by Gasteiger charge is 2.14. The molecule has 2 rings (SSSR count). The number of hydrazine groups is 1. The Morgan fingerprint density at radius 3 is 2.74 bits per heavy atom. The summed E-state index contributed by atoms with van der Waals surface area (Å²) in [5, 5.41) is 1.42. The molecule has 0 aliphatic carbocycles. The maximum absolute atomic E-state index is 12.6. The quantitative estimate of drug-likeness (QED) is 0.641. The first-order valence-corrected chi connectivity index (χ1v) is 6.75. The SMILES string of the molecule is COc1cc(-c2cc(Cl)ccc2N(N)/C=C(\N)C(F)F)ncn1. The van der Waals surface area contributed by atoms with Gasteiger partial charge >= 0.3 is 0 Å². The van der Waals surface area contributed by atoms with Gasteiger partial charge in [0.15, 0.2) is 0 Å². The van der Waals surface area contributed by atoms with Crippen molar-refractivity contribution in [2.45, 2.75) is 6.43 Å². The van der Waals surface area contributed by atoms with Gasteiger partial charge in [-0.15, -0.1) is 0 Å². The fourth-order valence-corrected chi connectivity index (χ4v) is 2.00. The number of allylic oxidation sites excluding steroid dienone is 1. The zero-order valence-corrected chi connectivity index (χ0v) is 12.8. The molecule has 1 aromatic carbocycles. The lowest BCUT2D eigenvalue weighted by Gasteiger charge is -2.19. The van der Waals surface area contributed by atoms with Crippen molar-refractivity contribution in [3.05, 3.63) is 47.5 Å². The average molecular weight is 342 g/mol. The molecule has 1 heterocycles. The van der Waals surface area contributed by atoms with Crippen LogP contribution in [0.1, 0.15) is 0 Å². The van der Waals surface area contributed by atoms with Gasteiger partial charge < -0.3 is 10.5 Å². The topological polar surface area (TPSA) is 90.3 Å². The van der Waals surface area contributed by atoms with Crippen LogP contribution in [-0.4, -0.2) is 23.5 Å². The summed E-state index contributed by atoms with van der Waals surface area (Å²) in [6.07, 6.45) is -0.560. The zero-order chi connectivity index (χ0) is 17.0. The van der Waals surface area contributed by atoms with Gasteiger partial charge in [-0.2, -0.15) is 0 Å². The van der Waals surface area contributed by atoms with E-state index in [1.807, 2.05) is 0 Å². The average Bonchev–Trinajstić information content (AvgIpc) is 2.54. The Morgan fingerprint density at radius 2 is 2.09 bits per heavy atom. The van der Waals surface area contributed by atoms with Crippen LogP contribution in [0.3, 0.4) is 0 Å². The Balaban J connectivity index is 2.51. The number of nitrogens with zero attached hydrogens (tertiary/aromatic N) is 3. The van der Waals surface area contributed by atoms with Gasteiger partial charge in [0.2, 0.25) is 5.88 Å². The molecule has 2 aromatic rings. The van der Waals surface area contributed by atoms with Crippen LogP contribution in [0.15, 0.2) is 42.5 Å². The number of nitrogens with two attached hydrogens (primary N) is 2. The third-order valence-corrected chi connectivity index (χ3v) is 3.14. The summed E-state index contributed by atoms with van der Waals surface area (Å²) in [5.41, 5.74) is 5.95. The van der Waals surface area contributed by atoms with Crippen molar-refractivity contribution in [1.29, 1.82) is 0 Å². The third kappa shape index (κ3) is 4.05. The van der Waals surface area contributed by atoms with Crippen molar-refractivity contribution in [3.63, 3.8) is 0 Å². The van der Waals surface area contributed by atoms with Crippen molar-refractivity contribution >= 4 is 17.3 Å². The van der Waals surface area contributed by atoms with Crippen LogP contribution < -0.4 is 21.3 Å². The molecule has 1 aromatic heterocycles. The Morgan fingerprint density at radius 1 is 1.35 bits per heavy atom. The standard InChI is InChI=1S/C14H14ClF2N5O/c1-23-13-5-11(20-7-21-13)9-4-8(15)2-3-12(9)22(19)6-10(18)14(16)17/h2-7,14H,18-19H2,1H3/b10-6-. The monoisotopic (exact) mass is 341 g/mol. The summed E-state index contributed by atoms with van der Waals surface area (Å²) in [7, 11) is 1.46. The predicted molar refractivity (Wildman–Crippen MR) is 84.0 cm³/mol. The van der Waals surface area contributed by atoms with Crippen LogP contribution in [0.4, 0.5) is 14.5 Å². The third-order valence-electron chi connectivity index (χ3n) is 2.90. The summed E-state index contributed by atoms with van der Waals surface area (Å²) < 4.78 is 30.2. The van der Waals surface area contributed by atoms with Gasteiger partial charge in [-0.05, 0) is 18.2 Å². The maximum atomic E-state index is 12.6. The summed E-state index contributed by atoms with van der Waals surface area (Å²) in [6, 6.07) is 6.32. The number of halogens is 3. The first-order valence-electron chi connectivity index (χ1n) is 6.37. The number of methoxy groups -OCH3 is 1. The smallest absolute Gasteiger partial charge is 0.279 e. The van der Waals surface area contributed by atoms with E-state index in [2.05, 4.69) is 9.97 Å². The van der Waals surface area contributed by atoms with E-state index in [9.17, 15) is 8.78 Å². The van der Waals surface area contributed by atoms with E-state index < -0.39 is 12.1 Å². The van der Waals surface area contributed by atoms with Gasteiger partial charge in [0.1, 0.15) is 6.33 Å². The lowest BCUT2D eigenvalue weighted by molar-refractivity contribution is 0.187. The van der Waals surface area contributed by atoms with Crippen LogP contribution in [0.25, 0.3) is 11.3 Å². The van der Waals surface area contributed by atoms with E-state index >= 15 is 0 Å². The predicted octanol–water partition coefficient (Wildman–Crippen LogP) is 2.55. The van der Waals surface area contributed by atoms with E-state index in [4.69, 9.17) is 27.9 Å². The number of anilines is 1. The zero-order valence-electron chi connectivity index (χ0n) is 12.1. The number of benzene rings is 1. The van der Waals surface area contributed by atoms with E-state index in [0.29, 0.717) is 27.8 Å². The highest BCUT2D eigenvalue weighted by Crippen LogP contribution is 2.32. The molecule has 0 fully saturated rings. The van der Waals surface area contributed by atoms with Crippen LogP contribution in [0.2, 0.25) is 5.02 Å². The lowest BCUT2D eigenvalue weighted by Crippen LogP contribution is -2.28. The largest absolute Gasteiger partial charge is 0.481 e. The first kappa shape index (κ1) is 16.9. The summed E-state index contributed by atoms with van der Waals surface area (Å²) in [6.45, 7) is 0. The van der Waals surface area contributed by atoms with Crippen molar-refractivity contribution in [1.82, 2.24) is 9.97 Å². The molecular weight excluding hydrogens is 328 g/mol. The van der Waals surface area contributed by atoms with E-state index in [0.717, 1.165) is 11.2 Å². The molecule has 0 saturated carbocycles. The Bertz CT molecular complexity index is 726. The summed E-state index contributed by atoms with van der Waals surface area (Å²) >= 11 is 6.01. The molecule has 0 atom stereocenters. The second-order valence-corrected chi connectivity index (χ2v) is 4.88. The van der Waals surface area contributed by atoms with E-state index in [-0.39, 0.29) is 0 Å². The molecule has 6 nitrogen and oxygen atoms in total. The number of ether oxygens (including phenoxy) is 1. The van der Waals surface area contributed by atoms with Crippen molar-refractivity contribution < 1.29 is 13.5 Å². The van der Waals surface area contributed by atoms with E-state index in [1.165, 1.54) is 13.4 Å². The van der Waals surface area contributed by atoms with Crippen molar-refractivity contribution in [3.8, 4) is 17.1 Å². The van der Waals surface area contributed by atoms with Gasteiger partial charge in [0, 0.05) is 22.9 Å². The molecule has 0 amide bonds. The number of aromatic nitrogens is 2. The minimum Gasteiger partial charge on any atom is -0.481 e. The first-order chi connectivity index (χ1) is 10.9. The molecule has 122 valence electrons. The van der Waals surface area contributed by atoms with Gasteiger partial charge in [0.25, 0.3) is 6.43 Å². The molecular formula is C14H14ClF2N5O.